The Morgan fingerprint density at radius 2 is 2.14 bits per heavy atom. The second-order valence-electron chi connectivity index (χ2n) is 4.26. The van der Waals surface area contributed by atoms with E-state index in [9.17, 15) is 9.59 Å². The van der Waals surface area contributed by atoms with Gasteiger partial charge in [0.05, 0.1) is 17.2 Å². The Morgan fingerprint density at radius 1 is 1.38 bits per heavy atom. The van der Waals surface area contributed by atoms with Crippen molar-refractivity contribution >= 4 is 28.2 Å². The molecule has 0 saturated heterocycles. The summed E-state index contributed by atoms with van der Waals surface area (Å²) in [7, 11) is 0. The van der Waals surface area contributed by atoms with Crippen LogP contribution < -0.4 is 5.32 Å². The Balaban J connectivity index is 2.29. The Kier molecular flexibility index (Phi) is 4.36. The maximum absolute atomic E-state index is 12.1. The first kappa shape index (κ1) is 14.8. The van der Waals surface area contributed by atoms with Gasteiger partial charge in [-0.15, -0.1) is 11.3 Å². The highest BCUT2D eigenvalue weighted by Crippen LogP contribution is 2.29. The van der Waals surface area contributed by atoms with Crippen molar-refractivity contribution in [1.29, 1.82) is 5.26 Å². The molecule has 1 heterocycles. The first-order valence-electron chi connectivity index (χ1n) is 6.22. The quantitative estimate of drug-likeness (QED) is 0.907. The van der Waals surface area contributed by atoms with Crippen molar-refractivity contribution in [2.75, 3.05) is 5.32 Å². The highest BCUT2D eigenvalue weighted by Gasteiger charge is 2.17. The molecule has 21 heavy (non-hydrogen) atoms. The van der Waals surface area contributed by atoms with Gasteiger partial charge < -0.3 is 10.4 Å². The molecule has 0 saturated carbocycles. The SMILES string of the molecule is CCc1cc(C(=O)O)c(NC(=O)c2cccc(C#N)c2)s1. The van der Waals surface area contributed by atoms with Gasteiger partial charge in [0.2, 0.25) is 0 Å². The highest BCUT2D eigenvalue weighted by molar-refractivity contribution is 7.16. The van der Waals surface area contributed by atoms with Crippen LogP contribution in [0.5, 0.6) is 0 Å². The van der Waals surface area contributed by atoms with Crippen LogP contribution in [-0.4, -0.2) is 17.0 Å². The molecule has 0 radical (unpaired) electrons. The molecule has 0 unspecified atom stereocenters. The van der Waals surface area contributed by atoms with E-state index in [4.69, 9.17) is 10.4 Å². The van der Waals surface area contributed by atoms with Crippen LogP contribution in [0, 0.1) is 11.3 Å². The van der Waals surface area contributed by atoms with Crippen LogP contribution in [0.1, 0.15) is 38.1 Å². The van der Waals surface area contributed by atoms with E-state index < -0.39 is 11.9 Å². The van der Waals surface area contributed by atoms with Gasteiger partial charge in [0.25, 0.3) is 5.91 Å². The lowest BCUT2D eigenvalue weighted by molar-refractivity contribution is 0.0698. The van der Waals surface area contributed by atoms with Crippen LogP contribution in [0.2, 0.25) is 0 Å². The van der Waals surface area contributed by atoms with E-state index in [1.165, 1.54) is 17.4 Å². The largest absolute Gasteiger partial charge is 0.478 e. The van der Waals surface area contributed by atoms with Crippen molar-refractivity contribution in [2.45, 2.75) is 13.3 Å². The van der Waals surface area contributed by atoms with Crippen molar-refractivity contribution in [3.8, 4) is 6.07 Å². The van der Waals surface area contributed by atoms with E-state index in [1.54, 1.807) is 24.3 Å². The molecule has 2 aromatic rings. The number of amides is 1. The van der Waals surface area contributed by atoms with Crippen molar-refractivity contribution in [1.82, 2.24) is 0 Å². The molecule has 0 spiro atoms. The number of nitrogens with zero attached hydrogens (tertiary/aromatic N) is 1. The summed E-state index contributed by atoms with van der Waals surface area (Å²) in [5.41, 5.74) is 0.778. The molecule has 0 aliphatic heterocycles. The van der Waals surface area contributed by atoms with Crippen molar-refractivity contribution in [3.05, 3.63) is 51.9 Å². The summed E-state index contributed by atoms with van der Waals surface area (Å²) in [5.74, 6) is -1.51. The van der Waals surface area contributed by atoms with Gasteiger partial charge in [-0.2, -0.15) is 5.26 Å². The molecule has 6 heteroatoms. The Labute approximate surface area is 125 Å². The van der Waals surface area contributed by atoms with Gasteiger partial charge in [-0.1, -0.05) is 13.0 Å². The molecule has 0 fully saturated rings. The monoisotopic (exact) mass is 300 g/mol. The average Bonchev–Trinajstić information content (AvgIpc) is 2.90. The summed E-state index contributed by atoms with van der Waals surface area (Å²) in [6, 6.07) is 9.76. The number of aromatic carboxylic acids is 1. The standard InChI is InChI=1S/C15H12N2O3S/c1-2-11-7-12(15(19)20)14(21-11)17-13(18)10-5-3-4-9(6-10)8-16/h3-7H,2H2,1H3,(H,17,18)(H,19,20). The predicted octanol–water partition coefficient (Wildman–Crippen LogP) is 3.13. The van der Waals surface area contributed by atoms with E-state index in [2.05, 4.69) is 5.32 Å². The molecule has 0 atom stereocenters. The molecule has 2 N–H and O–H groups in total. The molecule has 1 aromatic heterocycles. The number of hydrogen-bond donors (Lipinski definition) is 2. The third kappa shape index (κ3) is 3.27. The van der Waals surface area contributed by atoms with Crippen molar-refractivity contribution in [3.63, 3.8) is 0 Å². The van der Waals surface area contributed by atoms with E-state index in [1.807, 2.05) is 13.0 Å². The summed E-state index contributed by atoms with van der Waals surface area (Å²) in [6.45, 7) is 1.92. The molecular formula is C15H12N2O3S. The van der Waals surface area contributed by atoms with Crippen LogP contribution in [0.4, 0.5) is 5.00 Å². The number of hydrogen-bond acceptors (Lipinski definition) is 4. The lowest BCUT2D eigenvalue weighted by atomic mass is 10.1. The minimum atomic E-state index is -1.08. The van der Waals surface area contributed by atoms with Crippen LogP contribution in [0.3, 0.4) is 0 Å². The zero-order chi connectivity index (χ0) is 15.4. The number of aryl methyl sites for hydroxylation is 1. The summed E-state index contributed by atoms with van der Waals surface area (Å²) < 4.78 is 0. The van der Waals surface area contributed by atoms with Gasteiger partial charge in [0.1, 0.15) is 5.00 Å². The number of anilines is 1. The van der Waals surface area contributed by atoms with Crippen molar-refractivity contribution in [2.24, 2.45) is 0 Å². The van der Waals surface area contributed by atoms with Gasteiger partial charge in [0, 0.05) is 10.4 Å². The maximum Gasteiger partial charge on any atom is 0.338 e. The number of carbonyl (C=O) groups excluding carboxylic acids is 1. The first-order valence-corrected chi connectivity index (χ1v) is 7.04. The minimum absolute atomic E-state index is 0.0848. The smallest absolute Gasteiger partial charge is 0.338 e. The molecule has 0 bridgehead atoms. The second-order valence-corrected chi connectivity index (χ2v) is 5.40. The van der Waals surface area contributed by atoms with Gasteiger partial charge >= 0.3 is 5.97 Å². The third-order valence-corrected chi connectivity index (χ3v) is 4.04. The van der Waals surface area contributed by atoms with Crippen LogP contribution in [0.25, 0.3) is 0 Å². The van der Waals surface area contributed by atoms with Crippen molar-refractivity contribution < 1.29 is 14.7 Å². The molecule has 0 aliphatic carbocycles. The number of carboxylic acids is 1. The Hall–Kier alpha value is -2.65. The van der Waals surface area contributed by atoms with E-state index in [0.29, 0.717) is 22.5 Å². The average molecular weight is 300 g/mol. The lowest BCUT2D eigenvalue weighted by Gasteiger charge is -2.04. The fourth-order valence-corrected chi connectivity index (χ4v) is 2.76. The van der Waals surface area contributed by atoms with Crippen LogP contribution in [0.15, 0.2) is 30.3 Å². The lowest BCUT2D eigenvalue weighted by Crippen LogP contribution is -2.13. The van der Waals surface area contributed by atoms with Gasteiger partial charge in [0.15, 0.2) is 0 Å². The van der Waals surface area contributed by atoms with E-state index >= 15 is 0 Å². The summed E-state index contributed by atoms with van der Waals surface area (Å²) in [6.07, 6.45) is 0.699. The zero-order valence-electron chi connectivity index (χ0n) is 11.2. The highest BCUT2D eigenvalue weighted by atomic mass is 32.1. The molecule has 1 amide bonds. The molecule has 5 nitrogen and oxygen atoms in total. The maximum atomic E-state index is 12.1. The number of carbonyl (C=O) groups is 2. The summed E-state index contributed by atoms with van der Waals surface area (Å²) in [5, 5.41) is 20.9. The summed E-state index contributed by atoms with van der Waals surface area (Å²) >= 11 is 1.24. The second kappa shape index (κ2) is 6.20. The number of carboxylic acid groups (broad SMARTS) is 1. The molecule has 1 aromatic carbocycles. The molecule has 2 rings (SSSR count). The minimum Gasteiger partial charge on any atom is -0.478 e. The molecule has 106 valence electrons. The third-order valence-electron chi connectivity index (χ3n) is 2.84. The van der Waals surface area contributed by atoms with Gasteiger partial charge in [-0.25, -0.2) is 4.79 Å². The fourth-order valence-electron chi connectivity index (χ4n) is 1.77. The van der Waals surface area contributed by atoms with Gasteiger partial charge in [-0.05, 0) is 30.7 Å². The van der Waals surface area contributed by atoms with E-state index in [0.717, 1.165) is 4.88 Å². The number of benzene rings is 1. The zero-order valence-corrected chi connectivity index (χ0v) is 12.0. The molecular weight excluding hydrogens is 288 g/mol. The van der Waals surface area contributed by atoms with Crippen LogP contribution in [-0.2, 0) is 6.42 Å². The fraction of sp³-hybridized carbons (Fsp3) is 0.133. The van der Waals surface area contributed by atoms with Crippen LogP contribution >= 0.6 is 11.3 Å². The number of nitrogens with one attached hydrogen (secondary N) is 1. The van der Waals surface area contributed by atoms with E-state index in [-0.39, 0.29) is 5.56 Å². The Morgan fingerprint density at radius 3 is 2.76 bits per heavy atom. The Bertz CT molecular complexity index is 744. The normalized spacial score (nSPS) is 9.90. The summed E-state index contributed by atoms with van der Waals surface area (Å²) in [4.78, 5) is 24.2. The number of nitriles is 1. The number of thiophene rings is 1. The van der Waals surface area contributed by atoms with Gasteiger partial charge in [-0.3, -0.25) is 4.79 Å². The first-order chi connectivity index (χ1) is 10.0. The topological polar surface area (TPSA) is 90.2 Å². The predicted molar refractivity (Wildman–Crippen MR) is 79.8 cm³/mol. The molecule has 0 aliphatic rings. The number of rotatable bonds is 4.